The normalized spacial score (nSPS) is 11.4. The Morgan fingerprint density at radius 1 is 1.07 bits per heavy atom. The SMILES string of the molecule is O=C(c1ccccc1)c1cc(C(=O)C=C(O)c2nn[nH]n2)n(Cc2ccccn2)c1. The van der Waals surface area contributed by atoms with Crippen LogP contribution in [0.25, 0.3) is 5.76 Å². The van der Waals surface area contributed by atoms with Crippen molar-refractivity contribution < 1.29 is 14.7 Å². The van der Waals surface area contributed by atoms with Gasteiger partial charge in [-0.2, -0.15) is 5.21 Å². The minimum absolute atomic E-state index is 0.105. The van der Waals surface area contributed by atoms with Crippen molar-refractivity contribution in [3.8, 4) is 0 Å². The van der Waals surface area contributed by atoms with E-state index in [0.717, 1.165) is 6.08 Å². The van der Waals surface area contributed by atoms with Crippen molar-refractivity contribution in [2.45, 2.75) is 6.54 Å². The molecule has 0 bridgehead atoms. The van der Waals surface area contributed by atoms with E-state index in [-0.39, 0.29) is 23.8 Å². The Balaban J connectivity index is 1.71. The summed E-state index contributed by atoms with van der Waals surface area (Å²) in [6, 6.07) is 15.7. The number of benzene rings is 1. The van der Waals surface area contributed by atoms with Crippen molar-refractivity contribution in [1.29, 1.82) is 0 Å². The van der Waals surface area contributed by atoms with Crippen LogP contribution in [0.4, 0.5) is 0 Å². The van der Waals surface area contributed by atoms with Crippen LogP contribution >= 0.6 is 0 Å². The van der Waals surface area contributed by atoms with Gasteiger partial charge in [-0.25, -0.2) is 0 Å². The number of nitrogens with zero attached hydrogens (tertiary/aromatic N) is 5. The molecule has 9 heteroatoms. The Morgan fingerprint density at radius 2 is 1.87 bits per heavy atom. The zero-order chi connectivity index (χ0) is 20.9. The number of pyridine rings is 1. The van der Waals surface area contributed by atoms with Crippen molar-refractivity contribution in [3.05, 3.63) is 101 Å². The molecule has 0 spiro atoms. The monoisotopic (exact) mass is 400 g/mol. The van der Waals surface area contributed by atoms with Gasteiger partial charge in [0, 0.05) is 29.6 Å². The van der Waals surface area contributed by atoms with Crippen LogP contribution in [0.1, 0.15) is 37.9 Å². The number of hydrogen-bond donors (Lipinski definition) is 2. The number of carbonyl (C=O) groups excluding carboxylic acids is 2. The van der Waals surface area contributed by atoms with Crippen LogP contribution in [-0.4, -0.2) is 46.8 Å². The highest BCUT2D eigenvalue weighted by atomic mass is 16.3. The number of aliphatic hydroxyl groups excluding tert-OH is 1. The van der Waals surface area contributed by atoms with E-state index in [4.69, 9.17) is 0 Å². The lowest BCUT2D eigenvalue weighted by molar-refractivity contribution is 0.103. The standard InChI is InChI=1S/C21H16N6O3/c28-18(11-19(29)21-23-25-26-24-21)17-10-15(20(30)14-6-2-1-3-7-14)12-27(17)13-16-8-4-5-9-22-16/h1-12,29H,13H2,(H,23,24,25,26). The van der Waals surface area contributed by atoms with Crippen molar-refractivity contribution in [2.24, 2.45) is 0 Å². The molecule has 0 fully saturated rings. The number of ketones is 2. The summed E-state index contributed by atoms with van der Waals surface area (Å²) in [7, 11) is 0. The van der Waals surface area contributed by atoms with Crippen molar-refractivity contribution in [3.63, 3.8) is 0 Å². The van der Waals surface area contributed by atoms with Gasteiger partial charge in [-0.1, -0.05) is 36.4 Å². The van der Waals surface area contributed by atoms with E-state index in [2.05, 4.69) is 25.6 Å². The number of aliphatic hydroxyl groups is 1. The van der Waals surface area contributed by atoms with Gasteiger partial charge in [0.05, 0.1) is 17.9 Å². The molecule has 0 saturated heterocycles. The molecule has 30 heavy (non-hydrogen) atoms. The minimum Gasteiger partial charge on any atom is -0.504 e. The Bertz CT molecular complexity index is 1200. The highest BCUT2D eigenvalue weighted by molar-refractivity contribution is 6.12. The number of aromatic nitrogens is 6. The fourth-order valence-electron chi connectivity index (χ4n) is 2.93. The van der Waals surface area contributed by atoms with Gasteiger partial charge in [-0.15, -0.1) is 10.2 Å². The van der Waals surface area contributed by atoms with Crippen LogP contribution in [-0.2, 0) is 6.54 Å². The number of allylic oxidation sites excluding steroid dienone is 1. The van der Waals surface area contributed by atoms with Crippen molar-refractivity contribution >= 4 is 17.3 Å². The minimum atomic E-state index is -0.514. The molecular formula is C21H16N6O3. The number of nitrogens with one attached hydrogen (secondary N) is 1. The molecule has 0 unspecified atom stereocenters. The van der Waals surface area contributed by atoms with Crippen LogP contribution in [0, 0.1) is 0 Å². The maximum Gasteiger partial charge on any atom is 0.239 e. The molecule has 9 nitrogen and oxygen atoms in total. The first-order valence-electron chi connectivity index (χ1n) is 9.00. The molecule has 0 atom stereocenters. The summed E-state index contributed by atoms with van der Waals surface area (Å²) in [5.74, 6) is -1.27. The molecule has 0 saturated carbocycles. The summed E-state index contributed by atoms with van der Waals surface area (Å²) in [5, 5.41) is 22.9. The summed E-state index contributed by atoms with van der Waals surface area (Å²) in [6.45, 7) is 0.279. The molecule has 1 aromatic carbocycles. The number of rotatable bonds is 7. The Kier molecular flexibility index (Phi) is 5.25. The third kappa shape index (κ3) is 4.04. The number of tetrazole rings is 1. The zero-order valence-electron chi connectivity index (χ0n) is 15.6. The summed E-state index contributed by atoms with van der Waals surface area (Å²) < 4.78 is 1.63. The predicted molar refractivity (Wildman–Crippen MR) is 107 cm³/mol. The lowest BCUT2D eigenvalue weighted by atomic mass is 10.1. The second kappa shape index (κ2) is 8.31. The fraction of sp³-hybridized carbons (Fsp3) is 0.0476. The molecule has 0 amide bonds. The van der Waals surface area contributed by atoms with E-state index >= 15 is 0 Å². The molecule has 2 N–H and O–H groups in total. The lowest BCUT2D eigenvalue weighted by Gasteiger charge is -2.06. The number of hydrogen-bond acceptors (Lipinski definition) is 7. The molecule has 0 radical (unpaired) electrons. The average Bonchev–Trinajstić information content (AvgIpc) is 3.45. The van der Waals surface area contributed by atoms with Crippen molar-refractivity contribution in [1.82, 2.24) is 30.2 Å². The van der Waals surface area contributed by atoms with Gasteiger partial charge in [-0.05, 0) is 23.4 Å². The largest absolute Gasteiger partial charge is 0.504 e. The van der Waals surface area contributed by atoms with Gasteiger partial charge in [0.2, 0.25) is 11.6 Å². The van der Waals surface area contributed by atoms with E-state index in [1.807, 2.05) is 18.2 Å². The summed E-state index contributed by atoms with van der Waals surface area (Å²) in [5.41, 5.74) is 1.80. The summed E-state index contributed by atoms with van der Waals surface area (Å²) in [6.07, 6.45) is 4.25. The van der Waals surface area contributed by atoms with Crippen LogP contribution < -0.4 is 0 Å². The van der Waals surface area contributed by atoms with Gasteiger partial charge in [0.1, 0.15) is 0 Å². The number of H-pyrrole nitrogens is 1. The molecule has 3 aromatic heterocycles. The van der Waals surface area contributed by atoms with Gasteiger partial charge in [-0.3, -0.25) is 14.6 Å². The van der Waals surface area contributed by atoms with Gasteiger partial charge in [0.25, 0.3) is 0 Å². The van der Waals surface area contributed by atoms with E-state index in [1.165, 1.54) is 6.07 Å². The molecule has 0 aliphatic carbocycles. The third-order valence-corrected chi connectivity index (χ3v) is 4.35. The highest BCUT2D eigenvalue weighted by Gasteiger charge is 2.19. The molecule has 148 valence electrons. The maximum absolute atomic E-state index is 12.9. The van der Waals surface area contributed by atoms with Crippen LogP contribution in [0.3, 0.4) is 0 Å². The van der Waals surface area contributed by atoms with Crippen molar-refractivity contribution in [2.75, 3.05) is 0 Å². The van der Waals surface area contributed by atoms with Crippen LogP contribution in [0.5, 0.6) is 0 Å². The summed E-state index contributed by atoms with van der Waals surface area (Å²) >= 11 is 0. The fourth-order valence-corrected chi connectivity index (χ4v) is 2.93. The van der Waals surface area contributed by atoms with Gasteiger partial charge < -0.3 is 9.67 Å². The predicted octanol–water partition coefficient (Wildman–Crippen LogP) is 2.46. The third-order valence-electron chi connectivity index (χ3n) is 4.35. The van der Waals surface area contributed by atoms with Crippen LogP contribution in [0.15, 0.2) is 73.1 Å². The van der Waals surface area contributed by atoms with E-state index in [9.17, 15) is 14.7 Å². The maximum atomic E-state index is 12.9. The molecule has 3 heterocycles. The Morgan fingerprint density at radius 3 is 2.57 bits per heavy atom. The smallest absolute Gasteiger partial charge is 0.239 e. The van der Waals surface area contributed by atoms with E-state index < -0.39 is 11.5 Å². The van der Waals surface area contributed by atoms with E-state index in [0.29, 0.717) is 16.8 Å². The first-order valence-corrected chi connectivity index (χ1v) is 9.00. The van der Waals surface area contributed by atoms with Gasteiger partial charge in [0.15, 0.2) is 11.5 Å². The number of carbonyl (C=O) groups is 2. The van der Waals surface area contributed by atoms with E-state index in [1.54, 1.807) is 47.3 Å². The second-order valence-corrected chi connectivity index (χ2v) is 6.39. The molecule has 4 aromatic rings. The molecular weight excluding hydrogens is 384 g/mol. The first-order chi connectivity index (χ1) is 14.6. The Labute approximate surface area is 170 Å². The molecule has 0 aliphatic heterocycles. The topological polar surface area (TPSA) is 127 Å². The van der Waals surface area contributed by atoms with Gasteiger partial charge >= 0.3 is 0 Å². The lowest BCUT2D eigenvalue weighted by Crippen LogP contribution is -2.09. The first kappa shape index (κ1) is 18.9. The highest BCUT2D eigenvalue weighted by Crippen LogP contribution is 2.17. The second-order valence-electron chi connectivity index (χ2n) is 6.39. The molecule has 0 aliphatic rings. The van der Waals surface area contributed by atoms with Crippen LogP contribution in [0.2, 0.25) is 0 Å². The quantitative estimate of drug-likeness (QED) is 0.277. The Hall–Kier alpha value is -4.40. The average molecular weight is 400 g/mol. The zero-order valence-corrected chi connectivity index (χ0v) is 15.6. The summed E-state index contributed by atoms with van der Waals surface area (Å²) in [4.78, 5) is 30.0. The molecule has 4 rings (SSSR count). The number of aromatic amines is 1.